The van der Waals surface area contributed by atoms with Crippen molar-refractivity contribution in [1.82, 2.24) is 0 Å². The second-order valence-electron chi connectivity index (χ2n) is 6.99. The number of benzene rings is 3. The Kier molecular flexibility index (Phi) is 4.91. The van der Waals surface area contributed by atoms with Crippen LogP contribution in [0, 0.1) is 23.5 Å². The van der Waals surface area contributed by atoms with E-state index < -0.39 is 29.4 Å². The number of allylic oxidation sites excluding steroid dienone is 6. The zero-order valence-electron chi connectivity index (χ0n) is 15.2. The lowest BCUT2D eigenvalue weighted by Crippen LogP contribution is -2.68. The lowest BCUT2D eigenvalue weighted by Gasteiger charge is -2.41. The third kappa shape index (κ3) is 3.41. The van der Waals surface area contributed by atoms with Crippen LogP contribution in [-0.2, 0) is 0 Å². The molecular formula is C24H15BF4. The highest BCUT2D eigenvalue weighted by atomic mass is 19.1. The van der Waals surface area contributed by atoms with Crippen molar-refractivity contribution in [3.8, 4) is 0 Å². The molecule has 1 aliphatic rings. The topological polar surface area (TPSA) is 0 Å². The Bertz CT molecular complexity index is 998. The Morgan fingerprint density at radius 1 is 0.517 bits per heavy atom. The van der Waals surface area contributed by atoms with E-state index >= 15 is 0 Å². The van der Waals surface area contributed by atoms with Crippen LogP contribution in [-0.4, -0.2) is 6.15 Å². The van der Waals surface area contributed by atoms with Gasteiger partial charge in [0.2, 0.25) is 0 Å². The summed E-state index contributed by atoms with van der Waals surface area (Å²) in [6, 6.07) is 17.9. The van der Waals surface area contributed by atoms with Gasteiger partial charge in [-0.05, 0) is 36.4 Å². The van der Waals surface area contributed by atoms with E-state index in [9.17, 15) is 17.6 Å². The van der Waals surface area contributed by atoms with E-state index in [-0.39, 0.29) is 0 Å². The maximum atomic E-state index is 13.7. The molecule has 0 atom stereocenters. The summed E-state index contributed by atoms with van der Waals surface area (Å²) < 4.78 is 54.7. The Balaban J connectivity index is 2.09. The first kappa shape index (κ1) is 18.9. The van der Waals surface area contributed by atoms with Crippen molar-refractivity contribution in [2.75, 3.05) is 0 Å². The van der Waals surface area contributed by atoms with E-state index in [0.29, 0.717) is 5.47 Å². The van der Waals surface area contributed by atoms with Crippen LogP contribution in [0.1, 0.15) is 0 Å². The van der Waals surface area contributed by atoms with Gasteiger partial charge in [-0.1, -0.05) is 41.9 Å². The lowest BCUT2D eigenvalue weighted by molar-refractivity contribution is 0.628. The molecule has 0 aromatic heterocycles. The van der Waals surface area contributed by atoms with Crippen molar-refractivity contribution in [3.63, 3.8) is 0 Å². The van der Waals surface area contributed by atoms with Crippen LogP contribution in [0.5, 0.6) is 0 Å². The van der Waals surface area contributed by atoms with Crippen molar-refractivity contribution in [2.45, 2.75) is 0 Å². The van der Waals surface area contributed by atoms with Crippen LogP contribution in [0.4, 0.5) is 17.6 Å². The summed E-state index contributed by atoms with van der Waals surface area (Å²) >= 11 is 0. The molecule has 0 N–H and O–H groups in total. The molecule has 0 radical (unpaired) electrons. The Hall–Kier alpha value is -3.43. The number of hydrogen-bond acceptors (Lipinski definition) is 0. The molecule has 1 aliphatic carbocycles. The van der Waals surface area contributed by atoms with Gasteiger partial charge in [0.1, 0.15) is 17.5 Å². The number of hydrogen-bond donors (Lipinski definition) is 0. The average molecular weight is 390 g/mol. The minimum Gasteiger partial charge on any atom is -0.207 e. The SMILES string of the molecule is FC1=[C+]C=C([B-](c2ccc(F)cc2)(c2ccc(F)cc2)c2ccc(F)cc2)C=C1. The quantitative estimate of drug-likeness (QED) is 0.355. The third-order valence-corrected chi connectivity index (χ3v) is 5.41. The maximum absolute atomic E-state index is 13.7. The van der Waals surface area contributed by atoms with Crippen LogP contribution >= 0.6 is 0 Å². The van der Waals surface area contributed by atoms with Crippen molar-refractivity contribution in [1.29, 1.82) is 0 Å². The van der Waals surface area contributed by atoms with Gasteiger partial charge in [-0.3, -0.25) is 0 Å². The van der Waals surface area contributed by atoms with Gasteiger partial charge in [-0.25, -0.2) is 13.2 Å². The minimum absolute atomic E-state index is 0.401. The summed E-state index contributed by atoms with van der Waals surface area (Å²) in [5, 5.41) is 0. The Morgan fingerprint density at radius 3 is 1.21 bits per heavy atom. The summed E-state index contributed by atoms with van der Waals surface area (Å²) in [5.74, 6) is -1.72. The fourth-order valence-electron chi connectivity index (χ4n) is 4.10. The van der Waals surface area contributed by atoms with Gasteiger partial charge >= 0.3 is 0 Å². The Morgan fingerprint density at radius 2 is 0.897 bits per heavy atom. The van der Waals surface area contributed by atoms with Gasteiger partial charge in [-0.2, -0.15) is 20.8 Å². The first-order chi connectivity index (χ1) is 14.0. The summed E-state index contributed by atoms with van der Waals surface area (Å²) in [7, 11) is 0. The van der Waals surface area contributed by atoms with E-state index in [4.69, 9.17) is 0 Å². The zero-order chi connectivity index (χ0) is 20.4. The molecule has 3 aromatic carbocycles. The normalized spacial score (nSPS) is 13.5. The molecule has 3 aromatic rings. The predicted molar refractivity (Wildman–Crippen MR) is 109 cm³/mol. The van der Waals surface area contributed by atoms with E-state index in [0.717, 1.165) is 16.4 Å². The van der Waals surface area contributed by atoms with E-state index in [1.165, 1.54) is 48.6 Å². The molecule has 0 spiro atoms. The van der Waals surface area contributed by atoms with E-state index in [2.05, 4.69) is 6.08 Å². The predicted octanol–water partition coefficient (Wildman–Crippen LogP) is 4.27. The second-order valence-corrected chi connectivity index (χ2v) is 6.99. The van der Waals surface area contributed by atoms with Gasteiger partial charge in [0.15, 0.2) is 6.15 Å². The molecule has 0 fully saturated rings. The fraction of sp³-hybridized carbons (Fsp3) is 0. The van der Waals surface area contributed by atoms with E-state index in [1.54, 1.807) is 42.5 Å². The molecule has 0 aliphatic heterocycles. The van der Waals surface area contributed by atoms with Gasteiger partial charge in [0, 0.05) is 6.08 Å². The first-order valence-electron chi connectivity index (χ1n) is 9.11. The standard InChI is InChI=1S/C24H15BF4/c26-21-9-1-17(2-10-21)25(18-3-11-22(27)12-4-18,19-5-13-23(28)14-6-19)20-7-15-24(29)16-8-20/h1-15H. The molecule has 29 heavy (non-hydrogen) atoms. The molecule has 4 rings (SSSR count). The monoisotopic (exact) mass is 390 g/mol. The van der Waals surface area contributed by atoms with Gasteiger partial charge in [0.25, 0.3) is 5.83 Å². The molecule has 0 heterocycles. The smallest absolute Gasteiger partial charge is 0.207 e. The largest absolute Gasteiger partial charge is 0.284 e. The second kappa shape index (κ2) is 7.54. The highest BCUT2D eigenvalue weighted by Crippen LogP contribution is 2.23. The fourth-order valence-corrected chi connectivity index (χ4v) is 4.10. The Labute approximate surface area is 166 Å². The highest BCUT2D eigenvalue weighted by Gasteiger charge is 2.37. The molecule has 0 nitrogen and oxygen atoms in total. The van der Waals surface area contributed by atoms with Crippen LogP contribution in [0.2, 0.25) is 0 Å². The van der Waals surface area contributed by atoms with Gasteiger partial charge in [-0.15, -0.1) is 0 Å². The molecular weight excluding hydrogens is 375 g/mol. The summed E-state index contributed by atoms with van der Waals surface area (Å²) in [6.45, 7) is 0. The van der Waals surface area contributed by atoms with Crippen molar-refractivity contribution in [3.05, 3.63) is 126 Å². The summed E-state index contributed by atoms with van der Waals surface area (Å²) in [4.78, 5) is 0. The molecule has 0 unspecified atom stereocenters. The number of rotatable bonds is 4. The lowest BCUT2D eigenvalue weighted by atomic mass is 9.12. The average Bonchev–Trinajstić information content (AvgIpc) is 2.73. The highest BCUT2D eigenvalue weighted by molar-refractivity contribution is 7.16. The van der Waals surface area contributed by atoms with Crippen molar-refractivity contribution >= 4 is 22.5 Å². The van der Waals surface area contributed by atoms with Crippen molar-refractivity contribution < 1.29 is 17.6 Å². The van der Waals surface area contributed by atoms with Gasteiger partial charge < -0.3 is 0 Å². The third-order valence-electron chi connectivity index (χ3n) is 5.41. The maximum Gasteiger partial charge on any atom is 0.284 e. The molecule has 142 valence electrons. The minimum atomic E-state index is -1.97. The van der Waals surface area contributed by atoms with E-state index in [1.807, 2.05) is 0 Å². The first-order valence-corrected chi connectivity index (χ1v) is 9.11. The van der Waals surface area contributed by atoms with Crippen LogP contribution < -0.4 is 16.4 Å². The van der Waals surface area contributed by atoms with Crippen LogP contribution in [0.15, 0.2) is 102 Å². The molecule has 0 amide bonds. The summed E-state index contributed by atoms with van der Waals surface area (Å²) in [5.41, 5.74) is 2.87. The summed E-state index contributed by atoms with van der Waals surface area (Å²) in [6.07, 6.45) is 5.06. The molecule has 5 heteroatoms. The van der Waals surface area contributed by atoms with Gasteiger partial charge in [0.05, 0.1) is 18.2 Å². The molecule has 0 saturated carbocycles. The molecule has 0 saturated heterocycles. The van der Waals surface area contributed by atoms with Crippen molar-refractivity contribution in [2.24, 2.45) is 0 Å². The van der Waals surface area contributed by atoms with Crippen LogP contribution in [0.25, 0.3) is 0 Å². The zero-order valence-corrected chi connectivity index (χ0v) is 15.2. The molecule has 0 bridgehead atoms. The number of halogens is 4. The van der Waals surface area contributed by atoms with Crippen LogP contribution in [0.3, 0.4) is 0 Å².